The molecule has 2 rings (SSSR count). The van der Waals surface area contributed by atoms with Crippen molar-refractivity contribution in [3.8, 4) is 0 Å². The van der Waals surface area contributed by atoms with Gasteiger partial charge in [-0.2, -0.15) is 8.95 Å². The summed E-state index contributed by atoms with van der Waals surface area (Å²) < 4.78 is 11.8. The fraction of sp³-hybridized carbons (Fsp3) is 0.250. The van der Waals surface area contributed by atoms with Crippen LogP contribution in [0.3, 0.4) is 0 Å². The Morgan fingerprint density at radius 3 is 2.05 bits per heavy atom. The van der Waals surface area contributed by atoms with Crippen LogP contribution in [0.1, 0.15) is 23.2 Å². The largest absolute Gasteiger partial charge is 0.298 e. The highest BCUT2D eigenvalue weighted by Gasteiger charge is 2.28. The molecule has 0 N–H and O–H groups in total. The maximum atomic E-state index is 11.8. The molecule has 0 saturated carbocycles. The van der Waals surface area contributed by atoms with Crippen molar-refractivity contribution in [2.45, 2.75) is 17.7 Å². The van der Waals surface area contributed by atoms with Crippen molar-refractivity contribution in [3.63, 3.8) is 0 Å². The molecule has 0 atom stereocenters. The van der Waals surface area contributed by atoms with Gasteiger partial charge in [0.05, 0.1) is 19.3 Å². The summed E-state index contributed by atoms with van der Waals surface area (Å²) in [4.78, 5) is 36.3. The van der Waals surface area contributed by atoms with Gasteiger partial charge in [-0.15, -0.1) is 0 Å². The molecule has 0 aliphatic carbocycles. The fourth-order valence-corrected chi connectivity index (χ4v) is 1.60. The molecule has 19 heavy (non-hydrogen) atoms. The third-order valence-corrected chi connectivity index (χ3v) is 2.74. The number of hydrogen-bond donors (Lipinski definition) is 0. The Labute approximate surface area is 114 Å². The Kier molecular flexibility index (Phi) is 6.17. The average Bonchev–Trinajstić information content (AvgIpc) is 2.78. The summed E-state index contributed by atoms with van der Waals surface area (Å²) in [6, 6.07) is 6.28. The number of amides is 2. The lowest BCUT2D eigenvalue weighted by molar-refractivity contribution is -0.179. The number of halogens is 1. The zero-order valence-corrected chi connectivity index (χ0v) is 11.0. The lowest BCUT2D eigenvalue weighted by Crippen LogP contribution is -2.27. The Hall–Kier alpha value is -1.73. The van der Waals surface area contributed by atoms with E-state index in [0.717, 1.165) is 11.3 Å². The van der Waals surface area contributed by atoms with Gasteiger partial charge in [-0.25, -0.2) is 0 Å². The highest BCUT2D eigenvalue weighted by molar-refractivity contribution is 7.94. The first-order chi connectivity index (χ1) is 9.12. The third-order valence-electron chi connectivity index (χ3n) is 2.29. The molecule has 1 heterocycles. The molecule has 102 valence electrons. The van der Waals surface area contributed by atoms with Gasteiger partial charge in [0.1, 0.15) is 6.29 Å². The number of rotatable bonds is 3. The molecule has 0 spiro atoms. The number of aldehydes is 1. The molecule has 1 aliphatic heterocycles. The van der Waals surface area contributed by atoms with Crippen LogP contribution in [0, 0.1) is 0 Å². The normalized spacial score (nSPS) is 14.1. The summed E-state index contributed by atoms with van der Waals surface area (Å²) >= 11 is 0.172. The van der Waals surface area contributed by atoms with E-state index in [4.69, 9.17) is 0 Å². The standard InChI is InChI=1S/C7H5FOS.C5H7NO3/c8-10-7-3-1-6(5-9)2-4-7;1-9-6-4(7)2-3-5(6)8/h1-5H;2-3H2,1H3. The van der Waals surface area contributed by atoms with E-state index in [1.165, 1.54) is 7.11 Å². The van der Waals surface area contributed by atoms with E-state index in [9.17, 15) is 18.3 Å². The quantitative estimate of drug-likeness (QED) is 0.629. The molecule has 1 aromatic carbocycles. The number of benzene rings is 1. The van der Waals surface area contributed by atoms with E-state index in [1.807, 2.05) is 0 Å². The van der Waals surface area contributed by atoms with Crippen molar-refractivity contribution in [3.05, 3.63) is 29.8 Å². The van der Waals surface area contributed by atoms with Crippen molar-refractivity contribution in [2.75, 3.05) is 7.11 Å². The van der Waals surface area contributed by atoms with Crippen molar-refractivity contribution in [2.24, 2.45) is 0 Å². The highest BCUT2D eigenvalue weighted by atomic mass is 32.2. The van der Waals surface area contributed by atoms with Crippen molar-refractivity contribution in [1.82, 2.24) is 5.06 Å². The minimum atomic E-state index is -0.248. The number of hydrogen-bond acceptors (Lipinski definition) is 5. The maximum Gasteiger partial charge on any atom is 0.253 e. The summed E-state index contributed by atoms with van der Waals surface area (Å²) in [5.74, 6) is -0.495. The summed E-state index contributed by atoms with van der Waals surface area (Å²) in [5.41, 5.74) is 0.567. The molecule has 5 nitrogen and oxygen atoms in total. The molecule has 1 saturated heterocycles. The average molecular weight is 285 g/mol. The van der Waals surface area contributed by atoms with Crippen molar-refractivity contribution < 1.29 is 23.1 Å². The van der Waals surface area contributed by atoms with Gasteiger partial charge >= 0.3 is 0 Å². The molecule has 1 fully saturated rings. The summed E-state index contributed by atoms with van der Waals surface area (Å²) in [6.45, 7) is 0. The Bertz CT molecular complexity index is 447. The smallest absolute Gasteiger partial charge is 0.253 e. The molecule has 1 aliphatic rings. The number of imide groups is 1. The van der Waals surface area contributed by atoms with E-state index < -0.39 is 0 Å². The molecule has 0 unspecified atom stereocenters. The predicted molar refractivity (Wildman–Crippen MR) is 66.9 cm³/mol. The van der Waals surface area contributed by atoms with Gasteiger partial charge in [0.2, 0.25) is 0 Å². The lowest BCUT2D eigenvalue weighted by atomic mass is 10.2. The second-order valence-corrected chi connectivity index (χ2v) is 4.15. The van der Waals surface area contributed by atoms with Crippen LogP contribution in [0.5, 0.6) is 0 Å². The number of nitrogens with zero attached hydrogens (tertiary/aromatic N) is 1. The van der Waals surface area contributed by atoms with Crippen LogP contribution in [-0.2, 0) is 14.4 Å². The summed E-state index contributed by atoms with van der Waals surface area (Å²) in [5, 5.41) is 0.792. The molecule has 0 aromatic heterocycles. The van der Waals surface area contributed by atoms with Crippen LogP contribution >= 0.6 is 12.1 Å². The Morgan fingerprint density at radius 2 is 1.74 bits per heavy atom. The van der Waals surface area contributed by atoms with Crippen LogP contribution in [0.15, 0.2) is 29.2 Å². The number of carbonyl (C=O) groups excluding carboxylic acids is 3. The first-order valence-corrected chi connectivity index (χ1v) is 6.07. The number of carbonyl (C=O) groups is 3. The van der Waals surface area contributed by atoms with Crippen molar-refractivity contribution in [1.29, 1.82) is 0 Å². The van der Waals surface area contributed by atoms with E-state index in [2.05, 4.69) is 4.84 Å². The van der Waals surface area contributed by atoms with Crippen LogP contribution in [0.25, 0.3) is 0 Å². The maximum absolute atomic E-state index is 11.8. The molecule has 2 amide bonds. The first-order valence-electron chi connectivity index (χ1n) is 5.36. The van der Waals surface area contributed by atoms with Crippen LogP contribution in [0.4, 0.5) is 3.89 Å². The van der Waals surface area contributed by atoms with Gasteiger partial charge in [0.15, 0.2) is 0 Å². The zero-order valence-electron chi connectivity index (χ0n) is 10.2. The minimum Gasteiger partial charge on any atom is -0.298 e. The molecule has 0 bridgehead atoms. The predicted octanol–water partition coefficient (Wildman–Crippen LogP) is 2.17. The second kappa shape index (κ2) is 7.65. The molecule has 0 radical (unpaired) electrons. The van der Waals surface area contributed by atoms with Gasteiger partial charge in [-0.1, -0.05) is 12.1 Å². The monoisotopic (exact) mass is 285 g/mol. The second-order valence-electron chi connectivity index (χ2n) is 3.53. The fourth-order valence-electron chi connectivity index (χ4n) is 1.36. The van der Waals surface area contributed by atoms with Crippen molar-refractivity contribution >= 4 is 30.2 Å². The topological polar surface area (TPSA) is 63.7 Å². The SMILES string of the molecule is CON1C(=O)CCC1=O.O=Cc1ccc(SF)cc1. The highest BCUT2D eigenvalue weighted by Crippen LogP contribution is 2.17. The van der Waals surface area contributed by atoms with Crippen LogP contribution in [0.2, 0.25) is 0 Å². The Balaban J connectivity index is 0.000000191. The van der Waals surface area contributed by atoms with E-state index in [0.29, 0.717) is 10.5 Å². The summed E-state index contributed by atoms with van der Waals surface area (Å²) in [7, 11) is 1.31. The first kappa shape index (κ1) is 15.3. The lowest BCUT2D eigenvalue weighted by Gasteiger charge is -2.07. The van der Waals surface area contributed by atoms with Gasteiger partial charge < -0.3 is 0 Å². The van der Waals surface area contributed by atoms with Gasteiger partial charge in [0, 0.05) is 23.3 Å². The number of hydroxylamine groups is 2. The van der Waals surface area contributed by atoms with Gasteiger partial charge in [-0.3, -0.25) is 19.2 Å². The van der Waals surface area contributed by atoms with Gasteiger partial charge in [0.25, 0.3) is 11.8 Å². The van der Waals surface area contributed by atoms with Crippen LogP contribution < -0.4 is 0 Å². The van der Waals surface area contributed by atoms with E-state index in [1.54, 1.807) is 24.3 Å². The molecular weight excluding hydrogens is 273 g/mol. The minimum absolute atomic E-state index is 0.172. The van der Waals surface area contributed by atoms with E-state index >= 15 is 0 Å². The molecule has 7 heteroatoms. The Morgan fingerprint density at radius 1 is 1.21 bits per heavy atom. The third kappa shape index (κ3) is 4.46. The van der Waals surface area contributed by atoms with E-state index in [-0.39, 0.29) is 36.8 Å². The van der Waals surface area contributed by atoms with Crippen LogP contribution in [-0.4, -0.2) is 30.3 Å². The zero-order chi connectivity index (χ0) is 14.3. The summed E-state index contributed by atoms with van der Waals surface area (Å²) in [6.07, 6.45) is 1.30. The van der Waals surface area contributed by atoms with Gasteiger partial charge in [-0.05, 0) is 12.1 Å². The molecular formula is C12H12FNO4S. The molecule has 1 aromatic rings.